The monoisotopic (exact) mass is 448 g/mol. The number of hydrogen-bond acceptors (Lipinski definition) is 6. The topological polar surface area (TPSA) is 88.4 Å². The molecular weight excluding hydrogens is 420 g/mol. The van der Waals surface area contributed by atoms with Gasteiger partial charge in [0.2, 0.25) is 0 Å². The number of ether oxygens (including phenoxy) is 3. The highest BCUT2D eigenvalue weighted by Gasteiger charge is 2.42. The molecule has 2 fully saturated rings. The molecule has 3 N–H and O–H groups in total. The number of benzene rings is 2. The van der Waals surface area contributed by atoms with Crippen molar-refractivity contribution in [2.45, 2.75) is 50.3 Å². The minimum absolute atomic E-state index is 0.113. The van der Waals surface area contributed by atoms with Crippen LogP contribution in [0.4, 0.5) is 0 Å². The summed E-state index contributed by atoms with van der Waals surface area (Å²) in [5, 5.41) is 31.0. The number of rotatable bonds is 6. The molecule has 0 saturated carbocycles. The van der Waals surface area contributed by atoms with Crippen LogP contribution < -0.4 is 4.74 Å². The first-order valence-corrected chi connectivity index (χ1v) is 11.1. The van der Waals surface area contributed by atoms with Crippen LogP contribution in [0.5, 0.6) is 5.75 Å². The Morgan fingerprint density at radius 1 is 1.10 bits per heavy atom. The quantitative estimate of drug-likeness (QED) is 0.629. The van der Waals surface area contributed by atoms with Gasteiger partial charge in [-0.2, -0.15) is 0 Å². The molecule has 2 aliphatic rings. The number of aliphatic hydroxyl groups excluding tert-OH is 3. The average Bonchev–Trinajstić information content (AvgIpc) is 3.28. The summed E-state index contributed by atoms with van der Waals surface area (Å²) < 4.78 is 17.1. The van der Waals surface area contributed by atoms with Crippen LogP contribution in [0.3, 0.4) is 0 Å². The molecule has 0 amide bonds. The van der Waals surface area contributed by atoms with Gasteiger partial charge >= 0.3 is 0 Å². The molecule has 2 aliphatic heterocycles. The van der Waals surface area contributed by atoms with Gasteiger partial charge in [-0.3, -0.25) is 0 Å². The van der Waals surface area contributed by atoms with Gasteiger partial charge in [-0.1, -0.05) is 42.8 Å². The van der Waals surface area contributed by atoms with E-state index in [-0.39, 0.29) is 12.7 Å². The molecule has 0 radical (unpaired) electrons. The van der Waals surface area contributed by atoms with Gasteiger partial charge in [0.05, 0.1) is 32.0 Å². The maximum Gasteiger partial charge on any atom is 0.124 e. The minimum Gasteiger partial charge on any atom is -0.488 e. The van der Waals surface area contributed by atoms with Crippen molar-refractivity contribution in [2.24, 2.45) is 5.92 Å². The van der Waals surface area contributed by atoms with E-state index in [0.717, 1.165) is 35.5 Å². The third-order valence-corrected chi connectivity index (χ3v) is 6.55. The second-order valence-corrected chi connectivity index (χ2v) is 8.80. The number of hydrogen-bond donors (Lipinski definition) is 3. The largest absolute Gasteiger partial charge is 0.488 e. The molecule has 4 rings (SSSR count). The van der Waals surface area contributed by atoms with Gasteiger partial charge in [0.1, 0.15) is 24.1 Å². The van der Waals surface area contributed by atoms with E-state index in [1.54, 1.807) is 13.0 Å². The van der Waals surface area contributed by atoms with E-state index < -0.39 is 30.3 Å². The molecule has 0 aliphatic carbocycles. The summed E-state index contributed by atoms with van der Waals surface area (Å²) in [7, 11) is 0. The molecule has 2 aromatic rings. The Morgan fingerprint density at radius 3 is 2.55 bits per heavy atom. The first-order valence-electron chi connectivity index (χ1n) is 10.7. The lowest BCUT2D eigenvalue weighted by molar-refractivity contribution is -0.207. The highest BCUT2D eigenvalue weighted by Crippen LogP contribution is 2.37. The normalized spacial score (nSPS) is 31.0. The van der Waals surface area contributed by atoms with E-state index >= 15 is 0 Å². The first kappa shape index (κ1) is 22.5. The minimum atomic E-state index is -0.917. The van der Waals surface area contributed by atoms with Gasteiger partial charge in [-0.05, 0) is 41.3 Å². The Hall–Kier alpha value is -1.67. The van der Waals surface area contributed by atoms with Crippen molar-refractivity contribution in [3.63, 3.8) is 0 Å². The molecule has 0 spiro atoms. The maximum atomic E-state index is 10.6. The van der Waals surface area contributed by atoms with Crippen LogP contribution in [0.25, 0.3) is 0 Å². The van der Waals surface area contributed by atoms with Gasteiger partial charge in [0.25, 0.3) is 0 Å². The fourth-order valence-electron chi connectivity index (χ4n) is 4.20. The summed E-state index contributed by atoms with van der Waals surface area (Å²) in [6.07, 6.45) is -1.54. The van der Waals surface area contributed by atoms with Crippen LogP contribution in [-0.4, -0.2) is 59.6 Å². The van der Waals surface area contributed by atoms with Crippen LogP contribution in [0, 0.1) is 5.92 Å². The zero-order valence-corrected chi connectivity index (χ0v) is 18.2. The van der Waals surface area contributed by atoms with Crippen LogP contribution in [0.2, 0.25) is 5.02 Å². The molecule has 6 atom stereocenters. The second-order valence-electron chi connectivity index (χ2n) is 8.39. The average molecular weight is 449 g/mol. The van der Waals surface area contributed by atoms with Crippen molar-refractivity contribution in [2.75, 3.05) is 19.8 Å². The molecule has 6 nitrogen and oxygen atoms in total. The van der Waals surface area contributed by atoms with Crippen molar-refractivity contribution < 1.29 is 29.5 Å². The van der Waals surface area contributed by atoms with Gasteiger partial charge in [0.15, 0.2) is 0 Å². The molecule has 0 aromatic heterocycles. The van der Waals surface area contributed by atoms with E-state index in [9.17, 15) is 15.3 Å². The van der Waals surface area contributed by atoms with E-state index in [0.29, 0.717) is 18.1 Å². The van der Waals surface area contributed by atoms with E-state index in [2.05, 4.69) is 0 Å². The molecule has 31 heavy (non-hydrogen) atoms. The zero-order chi connectivity index (χ0) is 22.0. The Labute approximate surface area is 187 Å². The Balaban J connectivity index is 1.49. The molecule has 7 heteroatoms. The van der Waals surface area contributed by atoms with Crippen molar-refractivity contribution in [3.8, 4) is 5.75 Å². The molecule has 0 bridgehead atoms. The Morgan fingerprint density at radius 2 is 1.87 bits per heavy atom. The van der Waals surface area contributed by atoms with Gasteiger partial charge in [-0.25, -0.2) is 0 Å². The summed E-state index contributed by atoms with van der Waals surface area (Å²) in [5.74, 6) is 0.397. The van der Waals surface area contributed by atoms with Gasteiger partial charge < -0.3 is 29.5 Å². The van der Waals surface area contributed by atoms with E-state index in [1.165, 1.54) is 0 Å². The molecule has 2 saturated heterocycles. The zero-order valence-electron chi connectivity index (χ0n) is 17.5. The molecule has 2 heterocycles. The van der Waals surface area contributed by atoms with Crippen molar-refractivity contribution in [1.29, 1.82) is 0 Å². The summed E-state index contributed by atoms with van der Waals surface area (Å²) in [6, 6.07) is 13.5. The summed E-state index contributed by atoms with van der Waals surface area (Å²) in [4.78, 5) is 0. The van der Waals surface area contributed by atoms with E-state index in [4.69, 9.17) is 25.8 Å². The van der Waals surface area contributed by atoms with Crippen LogP contribution in [0.1, 0.15) is 36.1 Å². The summed E-state index contributed by atoms with van der Waals surface area (Å²) in [6.45, 7) is 2.82. The predicted molar refractivity (Wildman–Crippen MR) is 116 cm³/mol. The van der Waals surface area contributed by atoms with Crippen LogP contribution >= 0.6 is 11.6 Å². The van der Waals surface area contributed by atoms with Crippen molar-refractivity contribution in [1.82, 2.24) is 0 Å². The number of aliphatic hydroxyl groups is 3. The SMILES string of the molecule is C[C@@H]1[C@@H](O)[C@H](c2ccc(Cl)c(Cc3ccc(OC4CCOC4)cc3)c2)O[C@H](CO)[C@H]1O. The highest BCUT2D eigenvalue weighted by molar-refractivity contribution is 6.31. The maximum absolute atomic E-state index is 10.6. The molecule has 1 unspecified atom stereocenters. The lowest BCUT2D eigenvalue weighted by Crippen LogP contribution is -2.50. The van der Waals surface area contributed by atoms with Crippen LogP contribution in [-0.2, 0) is 15.9 Å². The Kier molecular flexibility index (Phi) is 7.16. The lowest BCUT2D eigenvalue weighted by Gasteiger charge is -2.41. The van der Waals surface area contributed by atoms with Crippen LogP contribution in [0.15, 0.2) is 42.5 Å². The van der Waals surface area contributed by atoms with Gasteiger partial charge in [-0.15, -0.1) is 0 Å². The summed E-state index contributed by atoms with van der Waals surface area (Å²) >= 11 is 6.45. The van der Waals surface area contributed by atoms with Crippen molar-refractivity contribution in [3.05, 3.63) is 64.2 Å². The lowest BCUT2D eigenvalue weighted by atomic mass is 9.84. The fraction of sp³-hybridized carbons (Fsp3) is 0.500. The molecular formula is C24H29ClO6. The Bertz CT molecular complexity index is 865. The second kappa shape index (κ2) is 9.86. The fourth-order valence-corrected chi connectivity index (χ4v) is 4.39. The van der Waals surface area contributed by atoms with Crippen molar-refractivity contribution >= 4 is 11.6 Å². The molecule has 2 aromatic carbocycles. The third-order valence-electron chi connectivity index (χ3n) is 6.18. The smallest absolute Gasteiger partial charge is 0.124 e. The van der Waals surface area contributed by atoms with E-state index in [1.807, 2.05) is 36.4 Å². The molecule has 168 valence electrons. The van der Waals surface area contributed by atoms with Gasteiger partial charge in [0, 0.05) is 17.4 Å². The summed E-state index contributed by atoms with van der Waals surface area (Å²) in [5.41, 5.74) is 2.76. The number of halogens is 1. The third kappa shape index (κ3) is 5.06. The predicted octanol–water partition coefficient (Wildman–Crippen LogP) is 2.89. The standard InChI is InChI=1S/C24H29ClO6/c1-14-22(27)21(12-26)31-24(23(14)28)16-4-7-20(25)17(11-16)10-15-2-5-18(6-3-15)30-19-8-9-29-13-19/h2-7,11,14,19,21-24,26-28H,8-10,12-13H2,1H3/t14-,19?,21+,22-,23+,24-/m0/s1. The first-order chi connectivity index (χ1) is 15.0. The highest BCUT2D eigenvalue weighted by atomic mass is 35.5.